The van der Waals surface area contributed by atoms with Crippen LogP contribution in [0.5, 0.6) is 0 Å². The van der Waals surface area contributed by atoms with E-state index in [0.29, 0.717) is 13.0 Å². The van der Waals surface area contributed by atoms with Gasteiger partial charge < -0.3 is 4.74 Å². The Kier molecular flexibility index (Phi) is 2.84. The molecule has 0 aromatic carbocycles. The molecule has 1 aliphatic rings. The van der Waals surface area contributed by atoms with E-state index in [-0.39, 0.29) is 12.1 Å². The van der Waals surface area contributed by atoms with Gasteiger partial charge in [-0.1, -0.05) is 0 Å². The van der Waals surface area contributed by atoms with E-state index in [1.807, 2.05) is 18.9 Å². The van der Waals surface area contributed by atoms with Crippen molar-refractivity contribution in [2.75, 3.05) is 20.7 Å². The van der Waals surface area contributed by atoms with Crippen molar-refractivity contribution >= 4 is 0 Å². The van der Waals surface area contributed by atoms with Gasteiger partial charge in [-0.15, -0.1) is 0 Å². The second-order valence-corrected chi connectivity index (χ2v) is 3.28. The first-order valence-corrected chi connectivity index (χ1v) is 4.02. The summed E-state index contributed by atoms with van der Waals surface area (Å²) in [5.41, 5.74) is 0. The number of rotatable bonds is 2. The molecule has 0 radical (unpaired) electrons. The van der Waals surface area contributed by atoms with E-state index in [1.165, 1.54) is 0 Å². The third-order valence-electron chi connectivity index (χ3n) is 2.46. The number of alkyl halides is 1. The minimum Gasteiger partial charge on any atom is -0.380 e. The molecule has 2 nitrogen and oxygen atoms in total. The zero-order chi connectivity index (χ0) is 8.43. The molecular formula is C8H16FNO. The van der Waals surface area contributed by atoms with Crippen LogP contribution in [0.1, 0.15) is 13.3 Å². The number of hydrogen-bond acceptors (Lipinski definition) is 2. The van der Waals surface area contributed by atoms with Crippen LogP contribution in [0, 0.1) is 0 Å². The van der Waals surface area contributed by atoms with E-state index in [4.69, 9.17) is 4.74 Å². The highest BCUT2D eigenvalue weighted by Gasteiger charge is 2.32. The molecular weight excluding hydrogens is 145 g/mol. The highest BCUT2D eigenvalue weighted by Crippen LogP contribution is 2.21. The van der Waals surface area contributed by atoms with Gasteiger partial charge in [-0.2, -0.15) is 0 Å². The van der Waals surface area contributed by atoms with Crippen molar-refractivity contribution in [3.63, 3.8) is 0 Å². The summed E-state index contributed by atoms with van der Waals surface area (Å²) in [6, 6.07) is 0.259. The molecule has 1 saturated heterocycles. The highest BCUT2D eigenvalue weighted by molar-refractivity contribution is 4.86. The van der Waals surface area contributed by atoms with E-state index in [2.05, 4.69) is 0 Å². The van der Waals surface area contributed by atoms with Gasteiger partial charge in [0.05, 0.1) is 6.10 Å². The number of methoxy groups -OCH3 is 1. The topological polar surface area (TPSA) is 12.5 Å². The van der Waals surface area contributed by atoms with Crippen LogP contribution in [0.3, 0.4) is 0 Å². The van der Waals surface area contributed by atoms with Gasteiger partial charge in [0.1, 0.15) is 6.17 Å². The molecule has 0 amide bonds. The number of nitrogens with zero attached hydrogens (tertiary/aromatic N) is 1. The number of halogens is 1. The van der Waals surface area contributed by atoms with Crippen molar-refractivity contribution in [1.82, 2.24) is 4.90 Å². The molecule has 0 aliphatic carbocycles. The minimum atomic E-state index is -0.664. The lowest BCUT2D eigenvalue weighted by Crippen LogP contribution is -2.35. The Bertz CT molecular complexity index is 127. The van der Waals surface area contributed by atoms with Crippen molar-refractivity contribution in [2.45, 2.75) is 31.7 Å². The Balaban J connectivity index is 2.45. The number of likely N-dealkylation sites (N-methyl/N-ethyl adjacent to an activating group) is 1. The van der Waals surface area contributed by atoms with Crippen LogP contribution in [-0.4, -0.2) is 43.9 Å². The van der Waals surface area contributed by atoms with Crippen molar-refractivity contribution in [2.24, 2.45) is 0 Å². The molecule has 11 heavy (non-hydrogen) atoms. The molecule has 1 rings (SSSR count). The molecule has 0 unspecified atom stereocenters. The number of ether oxygens (including phenoxy) is 1. The van der Waals surface area contributed by atoms with Crippen LogP contribution in [0.4, 0.5) is 4.39 Å². The van der Waals surface area contributed by atoms with Crippen molar-refractivity contribution in [1.29, 1.82) is 0 Å². The maximum Gasteiger partial charge on any atom is 0.114 e. The monoisotopic (exact) mass is 161 g/mol. The maximum atomic E-state index is 12.8. The van der Waals surface area contributed by atoms with Gasteiger partial charge in [0, 0.05) is 19.7 Å². The molecule has 3 atom stereocenters. The predicted molar refractivity (Wildman–Crippen MR) is 42.4 cm³/mol. The standard InChI is InChI=1S/C8H16FNO/c1-6(11-3)8-4-7(9)5-10(8)2/h6-8H,4-5H2,1-3H3/t6-,7-,8-/m0/s1. The van der Waals surface area contributed by atoms with Gasteiger partial charge in [0.15, 0.2) is 0 Å². The molecule has 1 fully saturated rings. The summed E-state index contributed by atoms with van der Waals surface area (Å²) in [7, 11) is 3.61. The largest absolute Gasteiger partial charge is 0.380 e. The van der Waals surface area contributed by atoms with Gasteiger partial charge in [-0.25, -0.2) is 4.39 Å². The molecule has 0 saturated carbocycles. The molecule has 1 aliphatic heterocycles. The summed E-state index contributed by atoms with van der Waals surface area (Å²) in [4.78, 5) is 2.03. The van der Waals surface area contributed by atoms with E-state index in [9.17, 15) is 4.39 Å². The molecule has 1 heterocycles. The zero-order valence-electron chi connectivity index (χ0n) is 7.38. The van der Waals surface area contributed by atoms with Crippen LogP contribution >= 0.6 is 0 Å². The minimum absolute atomic E-state index is 0.140. The SMILES string of the molecule is CO[C@@H](C)[C@@H]1C[C@H](F)CN1C. The van der Waals surface area contributed by atoms with Gasteiger partial charge in [0.25, 0.3) is 0 Å². The molecule has 0 spiro atoms. The molecule has 66 valence electrons. The first-order valence-electron chi connectivity index (χ1n) is 4.02. The summed E-state index contributed by atoms with van der Waals surface area (Å²) in [6.45, 7) is 2.54. The Morgan fingerprint density at radius 1 is 1.64 bits per heavy atom. The van der Waals surface area contributed by atoms with Crippen molar-refractivity contribution in [3.8, 4) is 0 Å². The van der Waals surface area contributed by atoms with Crippen LogP contribution in [-0.2, 0) is 4.74 Å². The maximum absolute atomic E-state index is 12.8. The first-order chi connectivity index (χ1) is 5.15. The van der Waals surface area contributed by atoms with Crippen molar-refractivity contribution in [3.05, 3.63) is 0 Å². The third-order valence-corrected chi connectivity index (χ3v) is 2.46. The Morgan fingerprint density at radius 3 is 2.64 bits per heavy atom. The molecule has 0 aromatic rings. The lowest BCUT2D eigenvalue weighted by Gasteiger charge is -2.24. The lowest BCUT2D eigenvalue weighted by atomic mass is 10.1. The zero-order valence-corrected chi connectivity index (χ0v) is 7.38. The molecule has 3 heteroatoms. The van der Waals surface area contributed by atoms with Crippen LogP contribution < -0.4 is 0 Å². The van der Waals surface area contributed by atoms with Gasteiger partial charge >= 0.3 is 0 Å². The van der Waals surface area contributed by atoms with E-state index >= 15 is 0 Å². The second-order valence-electron chi connectivity index (χ2n) is 3.28. The van der Waals surface area contributed by atoms with Crippen LogP contribution in [0.15, 0.2) is 0 Å². The van der Waals surface area contributed by atoms with Gasteiger partial charge in [-0.05, 0) is 20.4 Å². The van der Waals surface area contributed by atoms with Crippen LogP contribution in [0.25, 0.3) is 0 Å². The first kappa shape index (κ1) is 8.94. The molecule has 0 bridgehead atoms. The summed E-state index contributed by atoms with van der Waals surface area (Å²) >= 11 is 0. The summed E-state index contributed by atoms with van der Waals surface area (Å²) in [5.74, 6) is 0. The quantitative estimate of drug-likeness (QED) is 0.600. The smallest absolute Gasteiger partial charge is 0.114 e. The van der Waals surface area contributed by atoms with Crippen molar-refractivity contribution < 1.29 is 9.13 Å². The average molecular weight is 161 g/mol. The van der Waals surface area contributed by atoms with Gasteiger partial charge in [0.2, 0.25) is 0 Å². The fraction of sp³-hybridized carbons (Fsp3) is 1.00. The second kappa shape index (κ2) is 3.50. The third kappa shape index (κ3) is 1.91. The number of hydrogen-bond donors (Lipinski definition) is 0. The fourth-order valence-electron chi connectivity index (χ4n) is 1.67. The summed E-state index contributed by atoms with van der Waals surface area (Å²) in [6.07, 6.45) is 0.0919. The van der Waals surface area contributed by atoms with Crippen LogP contribution in [0.2, 0.25) is 0 Å². The number of likely N-dealkylation sites (tertiary alicyclic amines) is 1. The van der Waals surface area contributed by atoms with E-state index in [0.717, 1.165) is 0 Å². The predicted octanol–water partition coefficient (Wildman–Crippen LogP) is 1.06. The van der Waals surface area contributed by atoms with Gasteiger partial charge in [-0.3, -0.25) is 4.90 Å². The molecule has 0 aromatic heterocycles. The highest BCUT2D eigenvalue weighted by atomic mass is 19.1. The normalized spacial score (nSPS) is 36.0. The lowest BCUT2D eigenvalue weighted by molar-refractivity contribution is 0.0529. The Hall–Kier alpha value is -0.150. The average Bonchev–Trinajstić information content (AvgIpc) is 2.28. The molecule has 0 N–H and O–H groups in total. The summed E-state index contributed by atoms with van der Waals surface area (Å²) < 4.78 is 18.0. The summed E-state index contributed by atoms with van der Waals surface area (Å²) in [5, 5.41) is 0. The van der Waals surface area contributed by atoms with E-state index < -0.39 is 6.17 Å². The Labute approximate surface area is 67.3 Å². The Morgan fingerprint density at radius 2 is 2.27 bits per heavy atom. The van der Waals surface area contributed by atoms with E-state index in [1.54, 1.807) is 7.11 Å². The fourth-order valence-corrected chi connectivity index (χ4v) is 1.67.